The van der Waals surface area contributed by atoms with E-state index in [0.717, 1.165) is 37.7 Å². The Hall–Kier alpha value is -1.22. The number of rotatable bonds is 5. The van der Waals surface area contributed by atoms with Gasteiger partial charge in [-0.25, -0.2) is 0 Å². The zero-order chi connectivity index (χ0) is 14.5. The van der Waals surface area contributed by atoms with E-state index in [4.69, 9.17) is 5.73 Å². The van der Waals surface area contributed by atoms with Gasteiger partial charge in [0.2, 0.25) is 0 Å². The maximum atomic E-state index is 6.27. The number of nitrogen functional groups attached to an aromatic ring is 1. The predicted octanol–water partition coefficient (Wildman–Crippen LogP) is 3.00. The SMILES string of the molecule is CC1CCN(c2ccc(CCCN(C)C)cc2N)CC1. The zero-order valence-corrected chi connectivity index (χ0v) is 13.2. The quantitative estimate of drug-likeness (QED) is 0.839. The Morgan fingerprint density at radius 1 is 1.25 bits per heavy atom. The van der Waals surface area contributed by atoms with Crippen LogP contribution in [-0.2, 0) is 6.42 Å². The van der Waals surface area contributed by atoms with Gasteiger partial charge in [-0.15, -0.1) is 0 Å². The first-order chi connectivity index (χ1) is 9.56. The first kappa shape index (κ1) is 15.2. The zero-order valence-electron chi connectivity index (χ0n) is 13.2. The van der Waals surface area contributed by atoms with Crippen molar-refractivity contribution in [2.75, 3.05) is 44.4 Å². The van der Waals surface area contributed by atoms with Crippen molar-refractivity contribution in [1.29, 1.82) is 0 Å². The van der Waals surface area contributed by atoms with E-state index in [9.17, 15) is 0 Å². The lowest BCUT2D eigenvalue weighted by atomic mass is 9.98. The topological polar surface area (TPSA) is 32.5 Å². The van der Waals surface area contributed by atoms with Crippen LogP contribution in [0.4, 0.5) is 11.4 Å². The molecule has 3 nitrogen and oxygen atoms in total. The number of benzene rings is 1. The Kier molecular flexibility index (Phi) is 5.30. The van der Waals surface area contributed by atoms with Crippen LogP contribution >= 0.6 is 0 Å². The van der Waals surface area contributed by atoms with Crippen LogP contribution in [0.2, 0.25) is 0 Å². The van der Waals surface area contributed by atoms with Crippen LogP contribution in [0.25, 0.3) is 0 Å². The molecule has 0 unspecified atom stereocenters. The minimum Gasteiger partial charge on any atom is -0.397 e. The smallest absolute Gasteiger partial charge is 0.0600 e. The van der Waals surface area contributed by atoms with Crippen molar-refractivity contribution in [2.24, 2.45) is 5.92 Å². The highest BCUT2D eigenvalue weighted by Crippen LogP contribution is 2.29. The lowest BCUT2D eigenvalue weighted by molar-refractivity contribution is 0.400. The van der Waals surface area contributed by atoms with Crippen molar-refractivity contribution in [1.82, 2.24) is 4.90 Å². The standard InChI is InChI=1S/C17H29N3/c1-14-8-11-20(12-9-14)17-7-6-15(13-16(17)18)5-4-10-19(2)3/h6-7,13-14H,4-5,8-12,18H2,1-3H3. The number of nitrogens with two attached hydrogens (primary N) is 1. The Balaban J connectivity index is 1.95. The van der Waals surface area contributed by atoms with Crippen molar-refractivity contribution in [3.8, 4) is 0 Å². The Morgan fingerprint density at radius 3 is 2.55 bits per heavy atom. The van der Waals surface area contributed by atoms with Crippen LogP contribution in [-0.4, -0.2) is 38.6 Å². The Bertz CT molecular complexity index is 420. The number of aryl methyl sites for hydroxylation is 1. The Labute approximate surface area is 123 Å². The summed E-state index contributed by atoms with van der Waals surface area (Å²) in [5.74, 6) is 0.859. The third kappa shape index (κ3) is 4.14. The second-order valence-electron chi connectivity index (χ2n) is 6.47. The second-order valence-corrected chi connectivity index (χ2v) is 6.47. The summed E-state index contributed by atoms with van der Waals surface area (Å²) < 4.78 is 0. The molecule has 1 aliphatic rings. The molecule has 0 aliphatic carbocycles. The molecule has 1 heterocycles. The Morgan fingerprint density at radius 2 is 1.95 bits per heavy atom. The van der Waals surface area contributed by atoms with Crippen molar-refractivity contribution in [3.05, 3.63) is 23.8 Å². The monoisotopic (exact) mass is 275 g/mol. The molecule has 3 heteroatoms. The molecule has 1 aromatic rings. The third-order valence-corrected chi connectivity index (χ3v) is 4.29. The maximum absolute atomic E-state index is 6.27. The van der Waals surface area contributed by atoms with E-state index in [2.05, 4.69) is 49.0 Å². The molecule has 0 bridgehead atoms. The number of hydrogen-bond donors (Lipinski definition) is 1. The molecule has 0 amide bonds. The normalized spacial score (nSPS) is 16.9. The van der Waals surface area contributed by atoms with Gasteiger partial charge in [0.1, 0.15) is 0 Å². The molecule has 1 saturated heterocycles. The van der Waals surface area contributed by atoms with E-state index in [0.29, 0.717) is 0 Å². The van der Waals surface area contributed by atoms with E-state index in [-0.39, 0.29) is 0 Å². The van der Waals surface area contributed by atoms with Gasteiger partial charge in [-0.2, -0.15) is 0 Å². The molecule has 112 valence electrons. The number of piperidine rings is 1. The summed E-state index contributed by atoms with van der Waals surface area (Å²) in [4.78, 5) is 4.67. The molecule has 0 spiro atoms. The molecule has 0 aromatic heterocycles. The van der Waals surface area contributed by atoms with E-state index in [1.54, 1.807) is 0 Å². The fourth-order valence-electron chi connectivity index (χ4n) is 2.90. The van der Waals surface area contributed by atoms with Gasteiger partial charge in [0.05, 0.1) is 11.4 Å². The van der Waals surface area contributed by atoms with Crippen LogP contribution < -0.4 is 10.6 Å². The first-order valence-corrected chi connectivity index (χ1v) is 7.84. The predicted molar refractivity (Wildman–Crippen MR) is 88.3 cm³/mol. The molecule has 1 aromatic carbocycles. The average Bonchev–Trinajstić information content (AvgIpc) is 2.40. The van der Waals surface area contributed by atoms with Gasteiger partial charge in [0.25, 0.3) is 0 Å². The summed E-state index contributed by atoms with van der Waals surface area (Å²) in [6, 6.07) is 6.64. The fourth-order valence-corrected chi connectivity index (χ4v) is 2.90. The number of nitrogens with zero attached hydrogens (tertiary/aromatic N) is 2. The fraction of sp³-hybridized carbons (Fsp3) is 0.647. The highest BCUT2D eigenvalue weighted by Gasteiger charge is 2.17. The minimum absolute atomic E-state index is 0.859. The molecule has 0 saturated carbocycles. The van der Waals surface area contributed by atoms with E-state index in [1.165, 1.54) is 30.5 Å². The third-order valence-electron chi connectivity index (χ3n) is 4.29. The van der Waals surface area contributed by atoms with Crippen LogP contribution in [0.3, 0.4) is 0 Å². The molecule has 2 N–H and O–H groups in total. The van der Waals surface area contributed by atoms with Gasteiger partial charge in [0.15, 0.2) is 0 Å². The molecule has 0 radical (unpaired) electrons. The lowest BCUT2D eigenvalue weighted by Crippen LogP contribution is -2.33. The van der Waals surface area contributed by atoms with Crippen LogP contribution in [0.15, 0.2) is 18.2 Å². The van der Waals surface area contributed by atoms with Crippen molar-refractivity contribution in [2.45, 2.75) is 32.6 Å². The molecule has 2 rings (SSSR count). The van der Waals surface area contributed by atoms with Crippen LogP contribution in [0, 0.1) is 5.92 Å². The number of hydrogen-bond acceptors (Lipinski definition) is 3. The van der Waals surface area contributed by atoms with Crippen molar-refractivity contribution < 1.29 is 0 Å². The molecule has 1 fully saturated rings. The maximum Gasteiger partial charge on any atom is 0.0600 e. The van der Waals surface area contributed by atoms with Crippen LogP contribution in [0.5, 0.6) is 0 Å². The summed E-state index contributed by atoms with van der Waals surface area (Å²) in [7, 11) is 4.24. The average molecular weight is 275 g/mol. The highest BCUT2D eigenvalue weighted by molar-refractivity contribution is 5.68. The molecule has 0 atom stereocenters. The largest absolute Gasteiger partial charge is 0.397 e. The summed E-state index contributed by atoms with van der Waals surface area (Å²) in [5.41, 5.74) is 9.80. The van der Waals surface area contributed by atoms with Gasteiger partial charge < -0.3 is 15.5 Å². The second kappa shape index (κ2) is 6.98. The molecular weight excluding hydrogens is 246 g/mol. The van der Waals surface area contributed by atoms with Gasteiger partial charge in [0, 0.05) is 13.1 Å². The molecule has 1 aliphatic heterocycles. The molecular formula is C17H29N3. The first-order valence-electron chi connectivity index (χ1n) is 7.84. The van der Waals surface area contributed by atoms with Crippen molar-refractivity contribution >= 4 is 11.4 Å². The minimum atomic E-state index is 0.859. The lowest BCUT2D eigenvalue weighted by Gasteiger charge is -2.33. The number of anilines is 2. The highest BCUT2D eigenvalue weighted by atomic mass is 15.1. The van der Waals surface area contributed by atoms with Gasteiger partial charge in [-0.05, 0) is 69.9 Å². The van der Waals surface area contributed by atoms with Crippen LogP contribution in [0.1, 0.15) is 31.7 Å². The summed E-state index contributed by atoms with van der Waals surface area (Å²) in [6.07, 6.45) is 4.86. The van der Waals surface area contributed by atoms with Gasteiger partial charge in [-0.1, -0.05) is 13.0 Å². The van der Waals surface area contributed by atoms with Gasteiger partial charge >= 0.3 is 0 Å². The van der Waals surface area contributed by atoms with Crippen molar-refractivity contribution in [3.63, 3.8) is 0 Å². The van der Waals surface area contributed by atoms with Gasteiger partial charge in [-0.3, -0.25) is 0 Å². The van der Waals surface area contributed by atoms with E-state index in [1.807, 2.05) is 0 Å². The summed E-state index contributed by atoms with van der Waals surface area (Å²) in [5, 5.41) is 0. The summed E-state index contributed by atoms with van der Waals surface area (Å²) >= 11 is 0. The van der Waals surface area contributed by atoms with E-state index < -0.39 is 0 Å². The molecule has 20 heavy (non-hydrogen) atoms. The summed E-state index contributed by atoms with van der Waals surface area (Å²) in [6.45, 7) is 5.76. The van der Waals surface area contributed by atoms with E-state index >= 15 is 0 Å².